The van der Waals surface area contributed by atoms with Crippen molar-refractivity contribution < 1.29 is 14.3 Å². The standard InChI is InChI=1S/C27H29BrN2O3/c1-4-27(2,3)17-12-13-23-21(14-17)25(20-10-5-6-11-22(20)30-23)26(32)33-16-24(31)29-19-9-7-8-18(28)15-19/h5-11,15,17H,4,12-14,16H2,1-3H3,(H,29,31). The minimum atomic E-state index is -0.468. The van der Waals surface area contributed by atoms with E-state index in [9.17, 15) is 9.59 Å². The second-order valence-electron chi connectivity index (χ2n) is 9.35. The zero-order chi connectivity index (χ0) is 23.6. The molecule has 6 heteroatoms. The number of esters is 1. The quantitative estimate of drug-likeness (QED) is 0.394. The van der Waals surface area contributed by atoms with E-state index in [2.05, 4.69) is 42.0 Å². The summed E-state index contributed by atoms with van der Waals surface area (Å²) in [6.45, 7) is 6.46. The molecule has 3 aromatic rings. The van der Waals surface area contributed by atoms with E-state index in [-0.39, 0.29) is 17.9 Å². The molecule has 1 amide bonds. The monoisotopic (exact) mass is 508 g/mol. The number of rotatable bonds is 6. The van der Waals surface area contributed by atoms with E-state index >= 15 is 0 Å². The summed E-state index contributed by atoms with van der Waals surface area (Å²) in [5.41, 5.74) is 4.11. The van der Waals surface area contributed by atoms with Gasteiger partial charge in [-0.3, -0.25) is 9.78 Å². The van der Waals surface area contributed by atoms with Crippen LogP contribution in [0.1, 0.15) is 55.2 Å². The van der Waals surface area contributed by atoms with Crippen LogP contribution in [0.5, 0.6) is 0 Å². The van der Waals surface area contributed by atoms with Gasteiger partial charge in [-0.05, 0) is 60.4 Å². The molecule has 172 valence electrons. The number of hydrogen-bond acceptors (Lipinski definition) is 4. The second-order valence-corrected chi connectivity index (χ2v) is 10.3. The summed E-state index contributed by atoms with van der Waals surface area (Å²) in [4.78, 5) is 30.6. The first kappa shape index (κ1) is 23.4. The number of ether oxygens (including phenoxy) is 1. The first-order valence-corrected chi connectivity index (χ1v) is 12.2. The molecule has 1 aliphatic rings. The number of para-hydroxylation sites is 1. The molecule has 1 aromatic heterocycles. The number of anilines is 1. The van der Waals surface area contributed by atoms with E-state index < -0.39 is 5.97 Å². The fourth-order valence-electron chi connectivity index (χ4n) is 4.54. The van der Waals surface area contributed by atoms with Crippen LogP contribution in [-0.2, 0) is 22.4 Å². The molecule has 1 unspecified atom stereocenters. The number of carbonyl (C=O) groups is 2. The molecule has 2 aromatic carbocycles. The Morgan fingerprint density at radius 1 is 1.18 bits per heavy atom. The average Bonchev–Trinajstić information content (AvgIpc) is 2.80. The van der Waals surface area contributed by atoms with Gasteiger partial charge in [-0.25, -0.2) is 4.79 Å². The van der Waals surface area contributed by atoms with Gasteiger partial charge in [0.15, 0.2) is 6.61 Å². The third kappa shape index (κ3) is 5.11. The Balaban J connectivity index is 1.60. The van der Waals surface area contributed by atoms with Crippen molar-refractivity contribution >= 4 is 44.4 Å². The first-order valence-electron chi connectivity index (χ1n) is 11.4. The molecule has 0 fully saturated rings. The van der Waals surface area contributed by atoms with Gasteiger partial charge in [0.05, 0.1) is 11.1 Å². The molecule has 0 radical (unpaired) electrons. The summed E-state index contributed by atoms with van der Waals surface area (Å²) in [6, 6.07) is 15.0. The summed E-state index contributed by atoms with van der Waals surface area (Å²) < 4.78 is 6.38. The SMILES string of the molecule is CCC(C)(C)C1CCc2nc3ccccc3c(C(=O)OCC(=O)Nc3cccc(Br)c3)c2C1. The van der Waals surface area contributed by atoms with E-state index in [1.807, 2.05) is 36.4 Å². The van der Waals surface area contributed by atoms with Gasteiger partial charge in [-0.2, -0.15) is 0 Å². The van der Waals surface area contributed by atoms with Crippen LogP contribution in [-0.4, -0.2) is 23.5 Å². The highest BCUT2D eigenvalue weighted by Gasteiger charge is 2.34. The molecule has 0 saturated carbocycles. The number of amides is 1. The fraction of sp³-hybridized carbons (Fsp3) is 0.370. The average molecular weight is 509 g/mol. The van der Waals surface area contributed by atoms with Gasteiger partial charge >= 0.3 is 5.97 Å². The molecule has 33 heavy (non-hydrogen) atoms. The number of aromatic nitrogens is 1. The van der Waals surface area contributed by atoms with Crippen LogP contribution in [0.25, 0.3) is 10.9 Å². The largest absolute Gasteiger partial charge is 0.452 e. The summed E-state index contributed by atoms with van der Waals surface area (Å²) in [5, 5.41) is 3.55. The summed E-state index contributed by atoms with van der Waals surface area (Å²) >= 11 is 3.38. The molecule has 0 spiro atoms. The van der Waals surface area contributed by atoms with E-state index in [0.29, 0.717) is 17.2 Å². The van der Waals surface area contributed by atoms with Crippen LogP contribution < -0.4 is 5.32 Å². The summed E-state index contributed by atoms with van der Waals surface area (Å²) in [6.07, 6.45) is 3.77. The Labute approximate surface area is 203 Å². The van der Waals surface area contributed by atoms with Gasteiger partial charge < -0.3 is 10.1 Å². The van der Waals surface area contributed by atoms with Gasteiger partial charge in [-0.1, -0.05) is 67.4 Å². The maximum absolute atomic E-state index is 13.3. The normalized spacial score (nSPS) is 15.7. The maximum Gasteiger partial charge on any atom is 0.339 e. The molecule has 1 atom stereocenters. The number of aryl methyl sites for hydroxylation is 1. The topological polar surface area (TPSA) is 68.3 Å². The predicted molar refractivity (Wildman–Crippen MR) is 134 cm³/mol. The highest BCUT2D eigenvalue weighted by Crippen LogP contribution is 2.41. The molecule has 4 rings (SSSR count). The minimum absolute atomic E-state index is 0.175. The van der Waals surface area contributed by atoms with Crippen molar-refractivity contribution in [3.8, 4) is 0 Å². The van der Waals surface area contributed by atoms with Crippen LogP contribution >= 0.6 is 15.9 Å². The Bertz CT molecular complexity index is 1210. The number of nitrogens with one attached hydrogen (secondary N) is 1. The molecule has 0 saturated heterocycles. The summed E-state index contributed by atoms with van der Waals surface area (Å²) in [7, 11) is 0. The number of fused-ring (bicyclic) bond motifs is 2. The Morgan fingerprint density at radius 2 is 1.97 bits per heavy atom. The van der Waals surface area contributed by atoms with Crippen molar-refractivity contribution in [3.05, 3.63) is 69.8 Å². The third-order valence-electron chi connectivity index (χ3n) is 6.92. The highest BCUT2D eigenvalue weighted by atomic mass is 79.9. The van der Waals surface area contributed by atoms with E-state index in [0.717, 1.165) is 52.3 Å². The molecule has 1 N–H and O–H groups in total. The molecule has 0 bridgehead atoms. The van der Waals surface area contributed by atoms with Crippen LogP contribution in [0.2, 0.25) is 0 Å². The molecule has 5 nitrogen and oxygen atoms in total. The molecule has 0 aliphatic heterocycles. The lowest BCUT2D eigenvalue weighted by atomic mass is 9.68. The lowest BCUT2D eigenvalue weighted by molar-refractivity contribution is -0.119. The number of nitrogens with zero attached hydrogens (tertiary/aromatic N) is 1. The van der Waals surface area contributed by atoms with Gasteiger partial charge in [0.1, 0.15) is 0 Å². The zero-order valence-electron chi connectivity index (χ0n) is 19.3. The number of halogens is 1. The molecular weight excluding hydrogens is 480 g/mol. The Kier molecular flexibility index (Phi) is 6.84. The van der Waals surface area contributed by atoms with Crippen molar-refractivity contribution in [3.63, 3.8) is 0 Å². The lowest BCUT2D eigenvalue weighted by Gasteiger charge is -2.37. The molecular formula is C27H29BrN2O3. The smallest absolute Gasteiger partial charge is 0.339 e. The summed E-state index contributed by atoms with van der Waals surface area (Å²) in [5.74, 6) is -0.382. The van der Waals surface area contributed by atoms with E-state index in [1.54, 1.807) is 12.1 Å². The van der Waals surface area contributed by atoms with Gasteiger partial charge in [0, 0.05) is 21.2 Å². The number of hydrogen-bond donors (Lipinski definition) is 1. The zero-order valence-corrected chi connectivity index (χ0v) is 20.9. The Morgan fingerprint density at radius 3 is 2.73 bits per heavy atom. The molecule has 1 aliphatic carbocycles. The maximum atomic E-state index is 13.3. The van der Waals surface area contributed by atoms with Crippen molar-refractivity contribution in [2.75, 3.05) is 11.9 Å². The highest BCUT2D eigenvalue weighted by molar-refractivity contribution is 9.10. The third-order valence-corrected chi connectivity index (χ3v) is 7.42. The van der Waals surface area contributed by atoms with Gasteiger partial charge in [0.25, 0.3) is 5.91 Å². The van der Waals surface area contributed by atoms with Crippen LogP contribution in [0.15, 0.2) is 53.0 Å². The van der Waals surface area contributed by atoms with Crippen molar-refractivity contribution in [2.24, 2.45) is 11.3 Å². The van der Waals surface area contributed by atoms with E-state index in [1.165, 1.54) is 0 Å². The number of pyridine rings is 1. The first-order chi connectivity index (χ1) is 15.8. The van der Waals surface area contributed by atoms with Crippen LogP contribution in [0, 0.1) is 11.3 Å². The van der Waals surface area contributed by atoms with Crippen molar-refractivity contribution in [1.82, 2.24) is 4.98 Å². The second kappa shape index (κ2) is 9.64. The van der Waals surface area contributed by atoms with Gasteiger partial charge in [0.2, 0.25) is 0 Å². The minimum Gasteiger partial charge on any atom is -0.452 e. The van der Waals surface area contributed by atoms with Crippen LogP contribution in [0.4, 0.5) is 5.69 Å². The van der Waals surface area contributed by atoms with Crippen LogP contribution in [0.3, 0.4) is 0 Å². The Hall–Kier alpha value is -2.73. The fourth-order valence-corrected chi connectivity index (χ4v) is 4.94. The predicted octanol–water partition coefficient (Wildman–Crippen LogP) is 6.33. The lowest BCUT2D eigenvalue weighted by Crippen LogP contribution is -2.31. The van der Waals surface area contributed by atoms with Crippen molar-refractivity contribution in [2.45, 2.75) is 46.5 Å². The van der Waals surface area contributed by atoms with Gasteiger partial charge in [-0.15, -0.1) is 0 Å². The number of benzene rings is 2. The molecule has 1 heterocycles. The van der Waals surface area contributed by atoms with E-state index in [4.69, 9.17) is 9.72 Å². The number of carbonyl (C=O) groups excluding carboxylic acids is 2. The van der Waals surface area contributed by atoms with Crippen molar-refractivity contribution in [1.29, 1.82) is 0 Å².